The van der Waals surface area contributed by atoms with Gasteiger partial charge in [-0.1, -0.05) is 33.8 Å². The van der Waals surface area contributed by atoms with Gasteiger partial charge in [0.15, 0.2) is 0 Å². The first kappa shape index (κ1) is 15.3. The summed E-state index contributed by atoms with van der Waals surface area (Å²) in [4.78, 5) is 5.70. The predicted octanol–water partition coefficient (Wildman–Crippen LogP) is 3.97. The molecule has 0 spiro atoms. The number of imidazole rings is 1. The molecule has 0 fully saturated rings. The van der Waals surface area contributed by atoms with Crippen molar-refractivity contribution in [3.05, 3.63) is 40.6 Å². The Morgan fingerprint density at radius 2 is 2.15 bits per heavy atom. The summed E-state index contributed by atoms with van der Waals surface area (Å²) in [5.74, 6) is 0.596. The highest BCUT2D eigenvalue weighted by Gasteiger charge is 2.24. The molecule has 0 bridgehead atoms. The normalized spacial score (nSPS) is 13.9. The monoisotopic (exact) mass is 291 g/mol. The average molecular weight is 291 g/mol. The Kier molecular flexibility index (Phi) is 4.66. The smallest absolute Gasteiger partial charge is 0.0948 e. The number of nitrogens with two attached hydrogens (primary N) is 1. The molecule has 3 nitrogen and oxygen atoms in total. The van der Waals surface area contributed by atoms with Gasteiger partial charge in [-0.2, -0.15) is 0 Å². The molecule has 0 aliphatic carbocycles. The summed E-state index contributed by atoms with van der Waals surface area (Å²) in [6, 6.07) is 4.38. The van der Waals surface area contributed by atoms with Gasteiger partial charge in [-0.05, 0) is 23.8 Å². The minimum Gasteiger partial charge on any atom is -0.332 e. The van der Waals surface area contributed by atoms with E-state index in [1.807, 2.05) is 23.9 Å². The summed E-state index contributed by atoms with van der Waals surface area (Å²) >= 11 is 1.81. The second kappa shape index (κ2) is 6.10. The van der Waals surface area contributed by atoms with Gasteiger partial charge in [0.25, 0.3) is 0 Å². The number of aromatic nitrogens is 2. The number of thiophene rings is 1. The van der Waals surface area contributed by atoms with Crippen LogP contribution in [0.5, 0.6) is 0 Å². The Bertz CT molecular complexity index is 526. The van der Waals surface area contributed by atoms with Crippen LogP contribution < -0.4 is 5.73 Å². The highest BCUT2D eigenvalue weighted by Crippen LogP contribution is 2.30. The highest BCUT2D eigenvalue weighted by atomic mass is 32.1. The van der Waals surface area contributed by atoms with Crippen molar-refractivity contribution in [2.24, 2.45) is 11.7 Å². The summed E-state index contributed by atoms with van der Waals surface area (Å²) in [7, 11) is 0. The largest absolute Gasteiger partial charge is 0.332 e. The van der Waals surface area contributed by atoms with Crippen molar-refractivity contribution in [3.63, 3.8) is 0 Å². The third kappa shape index (κ3) is 3.49. The maximum absolute atomic E-state index is 6.32. The summed E-state index contributed by atoms with van der Waals surface area (Å²) in [6.07, 6.45) is 4.81. The standard InChI is InChI=1S/C16H25N3S/c1-12(2)8-13(17)14-9-18-11-19(14)10-16(3,4)15-6-5-7-20-15/h5-7,9,11-13H,8,10,17H2,1-4H3. The molecule has 0 amide bonds. The molecule has 2 heterocycles. The van der Waals surface area contributed by atoms with E-state index in [4.69, 9.17) is 5.73 Å². The molecule has 0 saturated carbocycles. The molecule has 20 heavy (non-hydrogen) atoms. The molecule has 0 aliphatic rings. The van der Waals surface area contributed by atoms with Gasteiger partial charge in [0, 0.05) is 29.1 Å². The molecular formula is C16H25N3S. The maximum atomic E-state index is 6.32. The molecule has 2 N–H and O–H groups in total. The van der Waals surface area contributed by atoms with Crippen molar-refractivity contribution in [2.75, 3.05) is 0 Å². The topological polar surface area (TPSA) is 43.8 Å². The molecular weight excluding hydrogens is 266 g/mol. The Morgan fingerprint density at radius 1 is 1.40 bits per heavy atom. The van der Waals surface area contributed by atoms with Crippen LogP contribution in [0.25, 0.3) is 0 Å². The first-order valence-corrected chi connectivity index (χ1v) is 8.07. The Morgan fingerprint density at radius 3 is 2.75 bits per heavy atom. The molecule has 0 aromatic carbocycles. The van der Waals surface area contributed by atoms with E-state index in [2.05, 4.69) is 54.8 Å². The van der Waals surface area contributed by atoms with Crippen molar-refractivity contribution in [1.29, 1.82) is 0 Å². The number of hydrogen-bond donors (Lipinski definition) is 1. The van der Waals surface area contributed by atoms with E-state index in [0.29, 0.717) is 5.92 Å². The molecule has 1 unspecified atom stereocenters. The quantitative estimate of drug-likeness (QED) is 0.875. The third-order valence-corrected chi connectivity index (χ3v) is 4.84. The molecule has 0 saturated heterocycles. The van der Waals surface area contributed by atoms with E-state index in [1.54, 1.807) is 0 Å². The average Bonchev–Trinajstić information content (AvgIpc) is 2.97. The van der Waals surface area contributed by atoms with E-state index in [0.717, 1.165) is 18.7 Å². The lowest BCUT2D eigenvalue weighted by atomic mass is 9.91. The summed E-state index contributed by atoms with van der Waals surface area (Å²) < 4.78 is 2.22. The van der Waals surface area contributed by atoms with Crippen molar-refractivity contribution in [2.45, 2.75) is 52.1 Å². The van der Waals surface area contributed by atoms with Crippen LogP contribution in [-0.2, 0) is 12.0 Å². The molecule has 4 heteroatoms. The third-order valence-electron chi connectivity index (χ3n) is 3.60. The van der Waals surface area contributed by atoms with Crippen molar-refractivity contribution in [1.82, 2.24) is 9.55 Å². The van der Waals surface area contributed by atoms with Crippen molar-refractivity contribution >= 4 is 11.3 Å². The Balaban J connectivity index is 2.16. The lowest BCUT2D eigenvalue weighted by Gasteiger charge is -2.26. The number of nitrogens with zero attached hydrogens (tertiary/aromatic N) is 2. The van der Waals surface area contributed by atoms with Gasteiger partial charge in [0.2, 0.25) is 0 Å². The molecule has 0 aliphatic heterocycles. The van der Waals surface area contributed by atoms with Gasteiger partial charge in [0.1, 0.15) is 0 Å². The highest BCUT2D eigenvalue weighted by molar-refractivity contribution is 7.10. The zero-order valence-corrected chi connectivity index (χ0v) is 13.7. The fraction of sp³-hybridized carbons (Fsp3) is 0.562. The van der Waals surface area contributed by atoms with E-state index >= 15 is 0 Å². The van der Waals surface area contributed by atoms with Gasteiger partial charge in [-0.3, -0.25) is 0 Å². The lowest BCUT2D eigenvalue weighted by Crippen LogP contribution is -2.26. The molecule has 2 aromatic heterocycles. The van der Waals surface area contributed by atoms with Crippen LogP contribution in [0.2, 0.25) is 0 Å². The predicted molar refractivity (Wildman–Crippen MR) is 86.0 cm³/mol. The minimum atomic E-state index is 0.0663. The fourth-order valence-electron chi connectivity index (χ4n) is 2.57. The lowest BCUT2D eigenvalue weighted by molar-refractivity contribution is 0.414. The minimum absolute atomic E-state index is 0.0663. The van der Waals surface area contributed by atoms with Crippen LogP contribution in [0.15, 0.2) is 30.0 Å². The van der Waals surface area contributed by atoms with Crippen molar-refractivity contribution in [3.8, 4) is 0 Å². The van der Waals surface area contributed by atoms with Gasteiger partial charge >= 0.3 is 0 Å². The van der Waals surface area contributed by atoms with Crippen LogP contribution in [0.1, 0.15) is 50.7 Å². The van der Waals surface area contributed by atoms with Gasteiger partial charge < -0.3 is 10.3 Å². The summed E-state index contributed by atoms with van der Waals surface area (Å²) in [5, 5.41) is 2.14. The van der Waals surface area contributed by atoms with E-state index in [1.165, 1.54) is 4.88 Å². The first-order chi connectivity index (χ1) is 9.40. The van der Waals surface area contributed by atoms with E-state index in [-0.39, 0.29) is 11.5 Å². The van der Waals surface area contributed by atoms with Crippen LogP contribution in [0.3, 0.4) is 0 Å². The molecule has 2 rings (SSSR count). The zero-order valence-electron chi connectivity index (χ0n) is 12.8. The maximum Gasteiger partial charge on any atom is 0.0948 e. The summed E-state index contributed by atoms with van der Waals surface area (Å²) in [5.41, 5.74) is 7.56. The summed E-state index contributed by atoms with van der Waals surface area (Å²) in [6.45, 7) is 9.87. The van der Waals surface area contributed by atoms with Gasteiger partial charge in [0.05, 0.1) is 12.0 Å². The van der Waals surface area contributed by atoms with Crippen LogP contribution in [0, 0.1) is 5.92 Å². The first-order valence-electron chi connectivity index (χ1n) is 7.20. The Labute approximate surface area is 125 Å². The molecule has 1 atom stereocenters. The molecule has 0 radical (unpaired) electrons. The van der Waals surface area contributed by atoms with Crippen LogP contribution in [-0.4, -0.2) is 9.55 Å². The van der Waals surface area contributed by atoms with E-state index < -0.39 is 0 Å². The van der Waals surface area contributed by atoms with Crippen LogP contribution >= 0.6 is 11.3 Å². The number of hydrogen-bond acceptors (Lipinski definition) is 3. The van der Waals surface area contributed by atoms with Gasteiger partial charge in [-0.15, -0.1) is 11.3 Å². The van der Waals surface area contributed by atoms with Crippen LogP contribution in [0.4, 0.5) is 0 Å². The number of rotatable bonds is 6. The second-order valence-electron chi connectivity index (χ2n) is 6.54. The SMILES string of the molecule is CC(C)CC(N)c1cncn1CC(C)(C)c1cccs1. The second-order valence-corrected chi connectivity index (χ2v) is 7.49. The Hall–Kier alpha value is -1.13. The molecule has 110 valence electrons. The molecule has 2 aromatic rings. The van der Waals surface area contributed by atoms with E-state index in [9.17, 15) is 0 Å². The zero-order chi connectivity index (χ0) is 14.8. The fourth-order valence-corrected chi connectivity index (χ4v) is 3.41. The van der Waals surface area contributed by atoms with Gasteiger partial charge in [-0.25, -0.2) is 4.98 Å². The van der Waals surface area contributed by atoms with Crippen molar-refractivity contribution < 1.29 is 0 Å².